The predicted molar refractivity (Wildman–Crippen MR) is 263 cm³/mol. The lowest BCUT2D eigenvalue weighted by atomic mass is 9.99. The van der Waals surface area contributed by atoms with Gasteiger partial charge < -0.3 is 9.13 Å². The normalized spacial score (nSPS) is 11.8. The fraction of sp³-hybridized carbons (Fsp3) is 0. The van der Waals surface area contributed by atoms with Gasteiger partial charge in [-0.25, -0.2) is 15.0 Å². The minimum atomic E-state index is 0.623. The Balaban J connectivity index is 0.956. The molecule has 63 heavy (non-hydrogen) atoms. The molecule has 0 fully saturated rings. The highest BCUT2D eigenvalue weighted by Crippen LogP contribution is 2.42. The highest BCUT2D eigenvalue weighted by atomic mass is 32.1. The molecule has 0 aliphatic heterocycles. The van der Waals surface area contributed by atoms with Crippen molar-refractivity contribution < 1.29 is 0 Å². The van der Waals surface area contributed by atoms with E-state index in [9.17, 15) is 0 Å². The van der Waals surface area contributed by atoms with Gasteiger partial charge in [-0.2, -0.15) is 0 Å². The molecule has 0 N–H and O–H groups in total. The van der Waals surface area contributed by atoms with Crippen molar-refractivity contribution in [1.29, 1.82) is 0 Å². The maximum atomic E-state index is 5.23. The van der Waals surface area contributed by atoms with Gasteiger partial charge in [-0.1, -0.05) is 152 Å². The Morgan fingerprint density at radius 3 is 1.48 bits per heavy atom. The number of thiophene rings is 1. The maximum absolute atomic E-state index is 5.23. The van der Waals surface area contributed by atoms with Gasteiger partial charge >= 0.3 is 0 Å². The molecule has 294 valence electrons. The number of nitrogens with zero attached hydrogens (tertiary/aromatic N) is 5. The van der Waals surface area contributed by atoms with E-state index in [0.717, 1.165) is 39.1 Å². The fourth-order valence-corrected chi connectivity index (χ4v) is 10.7. The van der Waals surface area contributed by atoms with Crippen LogP contribution in [-0.2, 0) is 0 Å². The number of hydrogen-bond donors (Lipinski definition) is 0. The zero-order valence-electron chi connectivity index (χ0n) is 33.9. The summed E-state index contributed by atoms with van der Waals surface area (Å²) in [5, 5.41) is 7.40. The monoisotopic (exact) mass is 821 g/mol. The van der Waals surface area contributed by atoms with Crippen molar-refractivity contribution in [2.75, 3.05) is 0 Å². The van der Waals surface area contributed by atoms with Crippen LogP contribution < -0.4 is 0 Å². The lowest BCUT2D eigenvalue weighted by Crippen LogP contribution is -2.01. The van der Waals surface area contributed by atoms with Gasteiger partial charge in [-0.05, 0) is 71.8 Å². The van der Waals surface area contributed by atoms with Crippen molar-refractivity contribution >= 4 is 75.1 Å². The smallest absolute Gasteiger partial charge is 0.164 e. The summed E-state index contributed by atoms with van der Waals surface area (Å²) in [4.78, 5) is 15.5. The summed E-state index contributed by atoms with van der Waals surface area (Å²) in [5.41, 5.74) is 12.1. The summed E-state index contributed by atoms with van der Waals surface area (Å²) in [7, 11) is 0. The average Bonchev–Trinajstić information content (AvgIpc) is 4.02. The second kappa shape index (κ2) is 14.2. The van der Waals surface area contributed by atoms with Crippen LogP contribution in [0, 0.1) is 0 Å². The van der Waals surface area contributed by atoms with Crippen molar-refractivity contribution in [3.05, 3.63) is 212 Å². The van der Waals surface area contributed by atoms with Crippen LogP contribution in [0.25, 0.3) is 120 Å². The lowest BCUT2D eigenvalue weighted by Gasteiger charge is -2.12. The molecule has 0 bridgehead atoms. The number of fused-ring (bicyclic) bond motifs is 9. The summed E-state index contributed by atoms with van der Waals surface area (Å²) in [6, 6.07) is 75.6. The SMILES string of the molecule is c1ccc(-c2nc(-c3cccc(-n4c5ccccc5c5cc(-n6c7ccccc7c7ccccc76)ccc54)c3)nc(-c3ccc4c(c3)sc3cccc(-c5ccccc5)c34)n2)cc1. The third-order valence-electron chi connectivity index (χ3n) is 12.4. The summed E-state index contributed by atoms with van der Waals surface area (Å²) in [6.45, 7) is 0. The van der Waals surface area contributed by atoms with Gasteiger partial charge in [-0.15, -0.1) is 11.3 Å². The third kappa shape index (κ3) is 5.73. The molecule has 0 amide bonds. The molecular formula is C57H35N5S. The van der Waals surface area contributed by atoms with Crippen molar-refractivity contribution in [2.45, 2.75) is 0 Å². The third-order valence-corrected chi connectivity index (χ3v) is 13.5. The van der Waals surface area contributed by atoms with Crippen LogP contribution in [0.1, 0.15) is 0 Å². The van der Waals surface area contributed by atoms with Crippen molar-refractivity contribution in [3.63, 3.8) is 0 Å². The quantitative estimate of drug-likeness (QED) is 0.168. The van der Waals surface area contributed by atoms with Crippen LogP contribution in [0.3, 0.4) is 0 Å². The number of hydrogen-bond acceptors (Lipinski definition) is 4. The molecule has 13 aromatic rings. The van der Waals surface area contributed by atoms with E-state index in [1.807, 2.05) is 29.5 Å². The molecule has 13 rings (SSSR count). The molecule has 0 saturated heterocycles. The molecule has 4 heterocycles. The second-order valence-corrected chi connectivity index (χ2v) is 17.1. The maximum Gasteiger partial charge on any atom is 0.164 e. The standard InChI is InChI=1S/C57H35N5S/c1-3-15-36(16-4-1)42-24-14-28-52-54(42)46-31-29-39(34-53(46)63-52)57-59-55(37-17-5-2-6-18-37)58-56(60-57)38-19-13-20-40(33-38)61-50-27-12-9-23-45(50)47-35-41(30-32-51(47)61)62-48-25-10-7-21-43(48)44-22-8-11-26-49(44)62/h1-35H. The fourth-order valence-electron chi connectivity index (χ4n) is 9.54. The molecule has 0 unspecified atom stereocenters. The van der Waals surface area contributed by atoms with E-state index in [4.69, 9.17) is 15.0 Å². The molecule has 0 aliphatic carbocycles. The largest absolute Gasteiger partial charge is 0.309 e. The minimum Gasteiger partial charge on any atom is -0.309 e. The molecule has 0 radical (unpaired) electrons. The highest BCUT2D eigenvalue weighted by molar-refractivity contribution is 7.26. The minimum absolute atomic E-state index is 0.623. The Kier molecular flexibility index (Phi) is 8.01. The molecule has 0 saturated carbocycles. The number of benzene rings is 9. The van der Waals surface area contributed by atoms with Crippen LogP contribution >= 0.6 is 11.3 Å². The van der Waals surface area contributed by atoms with Gasteiger partial charge in [0.25, 0.3) is 0 Å². The second-order valence-electron chi connectivity index (χ2n) is 16.0. The molecule has 5 nitrogen and oxygen atoms in total. The van der Waals surface area contributed by atoms with E-state index in [0.29, 0.717) is 17.5 Å². The van der Waals surface area contributed by atoms with E-state index in [1.165, 1.54) is 63.9 Å². The molecular weight excluding hydrogens is 787 g/mol. The van der Waals surface area contributed by atoms with Crippen LogP contribution in [0.4, 0.5) is 0 Å². The predicted octanol–water partition coefficient (Wildman–Crippen LogP) is 15.1. The van der Waals surface area contributed by atoms with Crippen LogP contribution in [0.15, 0.2) is 212 Å². The van der Waals surface area contributed by atoms with Gasteiger partial charge in [0.1, 0.15) is 0 Å². The van der Waals surface area contributed by atoms with Crippen molar-refractivity contribution in [1.82, 2.24) is 24.1 Å². The number of aromatic nitrogens is 5. The van der Waals surface area contributed by atoms with Gasteiger partial charge in [-0.3, -0.25) is 0 Å². The summed E-state index contributed by atoms with van der Waals surface area (Å²) in [6.07, 6.45) is 0. The van der Waals surface area contributed by atoms with E-state index >= 15 is 0 Å². The average molecular weight is 822 g/mol. The molecule has 0 aliphatic rings. The van der Waals surface area contributed by atoms with Crippen LogP contribution in [0.2, 0.25) is 0 Å². The van der Waals surface area contributed by atoms with E-state index in [2.05, 4.69) is 203 Å². The Hall–Kier alpha value is -8.19. The Morgan fingerprint density at radius 2 is 0.810 bits per heavy atom. The summed E-state index contributed by atoms with van der Waals surface area (Å²) < 4.78 is 7.21. The molecule has 9 aromatic carbocycles. The molecule has 0 atom stereocenters. The van der Waals surface area contributed by atoms with Crippen LogP contribution in [-0.4, -0.2) is 24.1 Å². The number of para-hydroxylation sites is 3. The first-order valence-corrected chi connectivity index (χ1v) is 22.0. The Labute approximate surface area is 366 Å². The summed E-state index contributed by atoms with van der Waals surface area (Å²) in [5.74, 6) is 1.90. The topological polar surface area (TPSA) is 48.5 Å². The van der Waals surface area contributed by atoms with E-state index in [1.54, 1.807) is 0 Å². The Bertz CT molecular complexity index is 3860. The summed E-state index contributed by atoms with van der Waals surface area (Å²) >= 11 is 1.81. The van der Waals surface area contributed by atoms with E-state index in [-0.39, 0.29) is 0 Å². The van der Waals surface area contributed by atoms with E-state index < -0.39 is 0 Å². The zero-order chi connectivity index (χ0) is 41.4. The van der Waals surface area contributed by atoms with Gasteiger partial charge in [0, 0.05) is 69.8 Å². The number of rotatable bonds is 6. The van der Waals surface area contributed by atoms with Gasteiger partial charge in [0.2, 0.25) is 0 Å². The van der Waals surface area contributed by atoms with Gasteiger partial charge in [0.15, 0.2) is 17.5 Å². The first-order valence-electron chi connectivity index (χ1n) is 21.2. The molecule has 6 heteroatoms. The molecule has 4 aromatic heterocycles. The molecule has 0 spiro atoms. The lowest BCUT2D eigenvalue weighted by molar-refractivity contribution is 1.07. The van der Waals surface area contributed by atoms with Crippen molar-refractivity contribution in [3.8, 4) is 56.7 Å². The van der Waals surface area contributed by atoms with Crippen LogP contribution in [0.5, 0.6) is 0 Å². The van der Waals surface area contributed by atoms with Crippen molar-refractivity contribution in [2.24, 2.45) is 0 Å². The highest BCUT2D eigenvalue weighted by Gasteiger charge is 2.19. The Morgan fingerprint density at radius 1 is 0.302 bits per heavy atom. The van der Waals surface area contributed by atoms with Gasteiger partial charge in [0.05, 0.1) is 22.1 Å². The zero-order valence-corrected chi connectivity index (χ0v) is 34.7. The first kappa shape index (κ1) is 35.6. The first-order chi connectivity index (χ1) is 31.2.